The maximum atomic E-state index is 13.1. The van der Waals surface area contributed by atoms with Gasteiger partial charge in [0.25, 0.3) is 17.7 Å². The molecule has 1 N–H and O–H groups in total. The van der Waals surface area contributed by atoms with E-state index in [1.54, 1.807) is 30.3 Å². The Morgan fingerprint density at radius 3 is 2.47 bits per heavy atom. The number of amides is 3. The Hall–Kier alpha value is -3.61. The van der Waals surface area contributed by atoms with Crippen LogP contribution in [0, 0.1) is 6.92 Å². The first-order chi connectivity index (χ1) is 14.4. The highest BCUT2D eigenvalue weighted by Crippen LogP contribution is 2.31. The number of aryl methyl sites for hydroxylation is 1. The van der Waals surface area contributed by atoms with E-state index >= 15 is 0 Å². The number of Topliss-reactive ketones (excluding diaryl/α,β-unsaturated/α-hetero) is 2. The number of hydrogen-bond acceptors (Lipinski definition) is 5. The van der Waals surface area contributed by atoms with Crippen molar-refractivity contribution in [1.29, 1.82) is 0 Å². The van der Waals surface area contributed by atoms with Crippen LogP contribution in [-0.2, 0) is 16.1 Å². The summed E-state index contributed by atoms with van der Waals surface area (Å²) in [5.74, 6) is -1.96. The number of carbonyl (C=O) groups is 5. The second-order valence-corrected chi connectivity index (χ2v) is 7.60. The van der Waals surface area contributed by atoms with Crippen LogP contribution < -0.4 is 5.32 Å². The molecule has 0 saturated heterocycles. The highest BCUT2D eigenvalue weighted by molar-refractivity contribution is 6.24. The van der Waals surface area contributed by atoms with Gasteiger partial charge in [-0.2, -0.15) is 0 Å². The van der Waals surface area contributed by atoms with Crippen molar-refractivity contribution in [3.05, 3.63) is 70.3 Å². The van der Waals surface area contributed by atoms with Crippen LogP contribution in [-0.4, -0.2) is 40.2 Å². The molecule has 1 aliphatic heterocycles. The van der Waals surface area contributed by atoms with E-state index in [1.165, 1.54) is 0 Å². The topological polar surface area (TPSA) is 101 Å². The number of ketones is 2. The summed E-state index contributed by atoms with van der Waals surface area (Å²) >= 11 is 0. The Morgan fingerprint density at radius 1 is 1.03 bits per heavy atom. The summed E-state index contributed by atoms with van der Waals surface area (Å²) in [6.07, 6.45) is 0.0729. The molecule has 1 aliphatic carbocycles. The lowest BCUT2D eigenvalue weighted by atomic mass is 9.92. The summed E-state index contributed by atoms with van der Waals surface area (Å²) in [4.78, 5) is 63.1. The second kappa shape index (κ2) is 7.67. The third-order valence-corrected chi connectivity index (χ3v) is 5.54. The first-order valence-electron chi connectivity index (χ1n) is 9.76. The van der Waals surface area contributed by atoms with Crippen molar-refractivity contribution in [3.8, 4) is 0 Å². The lowest BCUT2D eigenvalue weighted by Crippen LogP contribution is -2.47. The van der Waals surface area contributed by atoms with E-state index in [2.05, 4.69) is 5.32 Å². The van der Waals surface area contributed by atoms with Gasteiger partial charge in [0.2, 0.25) is 0 Å². The molecule has 1 heterocycles. The molecule has 30 heavy (non-hydrogen) atoms. The molecule has 1 fully saturated rings. The standard InChI is InChI=1S/C23H20N2O5/c1-13-5-7-14(8-6-13)21(28)24-12-15-3-2-4-17-20(15)23(30)25(22(17)29)18-10-9-16(26)11-19(18)27/h2-8,18H,9-12H2,1H3,(H,24,28). The minimum Gasteiger partial charge on any atom is -0.348 e. The van der Waals surface area contributed by atoms with Crippen molar-refractivity contribution in [2.24, 2.45) is 0 Å². The molecule has 3 amide bonds. The quantitative estimate of drug-likeness (QED) is 0.622. The van der Waals surface area contributed by atoms with Crippen LogP contribution in [0.1, 0.15) is 61.5 Å². The van der Waals surface area contributed by atoms with Crippen molar-refractivity contribution < 1.29 is 24.0 Å². The van der Waals surface area contributed by atoms with Crippen LogP contribution in [0.3, 0.4) is 0 Å². The van der Waals surface area contributed by atoms with Gasteiger partial charge in [-0.3, -0.25) is 28.9 Å². The average molecular weight is 404 g/mol. The molecule has 152 valence electrons. The van der Waals surface area contributed by atoms with E-state index in [1.807, 2.05) is 19.1 Å². The summed E-state index contributed by atoms with van der Waals surface area (Å²) in [5.41, 5.74) is 2.46. The SMILES string of the molecule is Cc1ccc(C(=O)NCc2cccc3c2C(=O)N(C2CCC(=O)CC2=O)C3=O)cc1. The molecule has 1 unspecified atom stereocenters. The van der Waals surface area contributed by atoms with Gasteiger partial charge in [-0.05, 0) is 37.1 Å². The van der Waals surface area contributed by atoms with Crippen LogP contribution in [0.25, 0.3) is 0 Å². The summed E-state index contributed by atoms with van der Waals surface area (Å²) in [6, 6.07) is 11.0. The Balaban J connectivity index is 1.56. The fourth-order valence-corrected chi connectivity index (χ4v) is 3.92. The molecule has 7 nitrogen and oxygen atoms in total. The van der Waals surface area contributed by atoms with Gasteiger partial charge in [0.15, 0.2) is 5.78 Å². The van der Waals surface area contributed by atoms with Crippen molar-refractivity contribution in [2.45, 2.75) is 38.8 Å². The monoisotopic (exact) mass is 404 g/mol. The highest BCUT2D eigenvalue weighted by atomic mass is 16.2. The Labute approximate surface area is 173 Å². The predicted octanol–water partition coefficient (Wildman–Crippen LogP) is 2.21. The van der Waals surface area contributed by atoms with E-state index in [0.29, 0.717) is 11.1 Å². The molecule has 2 aromatic rings. The first kappa shape index (κ1) is 19.7. The van der Waals surface area contributed by atoms with E-state index in [4.69, 9.17) is 0 Å². The Bertz CT molecular complexity index is 1090. The summed E-state index contributed by atoms with van der Waals surface area (Å²) in [7, 11) is 0. The normalized spacial score (nSPS) is 18.6. The lowest BCUT2D eigenvalue weighted by Gasteiger charge is -2.27. The van der Waals surface area contributed by atoms with Crippen molar-refractivity contribution in [1.82, 2.24) is 10.2 Å². The number of benzene rings is 2. The molecule has 0 bridgehead atoms. The Morgan fingerprint density at radius 2 is 1.77 bits per heavy atom. The molecule has 1 atom stereocenters. The zero-order valence-corrected chi connectivity index (χ0v) is 16.4. The predicted molar refractivity (Wildman–Crippen MR) is 107 cm³/mol. The number of carbonyl (C=O) groups excluding carboxylic acids is 5. The fraction of sp³-hybridized carbons (Fsp3) is 0.261. The van der Waals surface area contributed by atoms with Gasteiger partial charge in [-0.25, -0.2) is 0 Å². The van der Waals surface area contributed by atoms with Gasteiger partial charge in [-0.1, -0.05) is 29.8 Å². The number of nitrogens with one attached hydrogen (secondary N) is 1. The smallest absolute Gasteiger partial charge is 0.262 e. The molecule has 2 aliphatic rings. The summed E-state index contributed by atoms with van der Waals surface area (Å²) < 4.78 is 0. The lowest BCUT2D eigenvalue weighted by molar-refractivity contribution is -0.132. The van der Waals surface area contributed by atoms with Gasteiger partial charge in [-0.15, -0.1) is 0 Å². The molecular weight excluding hydrogens is 384 g/mol. The highest BCUT2D eigenvalue weighted by Gasteiger charge is 2.45. The van der Waals surface area contributed by atoms with Gasteiger partial charge in [0, 0.05) is 18.5 Å². The molecular formula is C23H20N2O5. The molecule has 1 saturated carbocycles. The maximum Gasteiger partial charge on any atom is 0.262 e. The van der Waals surface area contributed by atoms with E-state index < -0.39 is 23.6 Å². The molecule has 7 heteroatoms. The first-order valence-corrected chi connectivity index (χ1v) is 9.76. The molecule has 4 rings (SSSR count). The van der Waals surface area contributed by atoms with Crippen LogP contribution in [0.2, 0.25) is 0 Å². The van der Waals surface area contributed by atoms with Crippen LogP contribution in [0.15, 0.2) is 42.5 Å². The molecule has 0 radical (unpaired) electrons. The third-order valence-electron chi connectivity index (χ3n) is 5.54. The van der Waals surface area contributed by atoms with Gasteiger partial charge in [0.05, 0.1) is 23.6 Å². The van der Waals surface area contributed by atoms with Gasteiger partial charge in [0.1, 0.15) is 5.78 Å². The van der Waals surface area contributed by atoms with Crippen LogP contribution in [0.4, 0.5) is 0 Å². The van der Waals surface area contributed by atoms with Crippen molar-refractivity contribution >= 4 is 29.3 Å². The molecule has 0 spiro atoms. The van der Waals surface area contributed by atoms with E-state index in [0.717, 1.165) is 10.5 Å². The minimum atomic E-state index is -0.912. The van der Waals surface area contributed by atoms with Crippen molar-refractivity contribution in [2.75, 3.05) is 0 Å². The number of hydrogen-bond donors (Lipinski definition) is 1. The fourth-order valence-electron chi connectivity index (χ4n) is 3.92. The van der Waals surface area contributed by atoms with E-state index in [9.17, 15) is 24.0 Å². The Kier molecular flexibility index (Phi) is 5.03. The average Bonchev–Trinajstić information content (AvgIpc) is 2.98. The number of fused-ring (bicyclic) bond motifs is 1. The van der Waals surface area contributed by atoms with Crippen LogP contribution >= 0.6 is 0 Å². The minimum absolute atomic E-state index is 0.0693. The number of nitrogens with zero attached hydrogens (tertiary/aromatic N) is 1. The maximum absolute atomic E-state index is 13.1. The third kappa shape index (κ3) is 3.43. The largest absolute Gasteiger partial charge is 0.348 e. The van der Waals surface area contributed by atoms with E-state index in [-0.39, 0.29) is 48.6 Å². The van der Waals surface area contributed by atoms with Gasteiger partial charge < -0.3 is 5.32 Å². The summed E-state index contributed by atoms with van der Waals surface area (Å²) in [6.45, 7) is 2.00. The van der Waals surface area contributed by atoms with Crippen LogP contribution in [0.5, 0.6) is 0 Å². The zero-order valence-electron chi connectivity index (χ0n) is 16.4. The number of imide groups is 1. The number of rotatable bonds is 4. The summed E-state index contributed by atoms with van der Waals surface area (Å²) in [5, 5.41) is 2.78. The van der Waals surface area contributed by atoms with Crippen molar-refractivity contribution in [3.63, 3.8) is 0 Å². The molecule has 2 aromatic carbocycles. The molecule has 0 aromatic heterocycles. The second-order valence-electron chi connectivity index (χ2n) is 7.60. The zero-order chi connectivity index (χ0) is 21.4. The van der Waals surface area contributed by atoms with Gasteiger partial charge >= 0.3 is 0 Å².